The van der Waals surface area contributed by atoms with Gasteiger partial charge in [0.2, 0.25) is 5.91 Å². The van der Waals surface area contributed by atoms with Crippen molar-refractivity contribution in [3.05, 3.63) is 7.43 Å². The zero-order valence-electron chi connectivity index (χ0n) is 39.3. The van der Waals surface area contributed by atoms with Crippen LogP contribution >= 0.6 is 0 Å². The first kappa shape index (κ1) is 120. The molecule has 0 aliphatic rings. The molecule has 1 N–H and O–H groups in total. The number of nitrogens with one attached hydrogen (secondary N) is 1. The fourth-order valence-corrected chi connectivity index (χ4v) is 0.635. The molecule has 1 amide bonds. The molecule has 0 aromatic heterocycles. The second kappa shape index (κ2) is 430. The van der Waals surface area contributed by atoms with E-state index in [1.54, 1.807) is 7.05 Å². The number of Topliss-reactive ketones (excluding diaryl/α,β-unsaturated/α-hetero) is 1. The van der Waals surface area contributed by atoms with Crippen molar-refractivity contribution in [2.75, 3.05) is 20.8 Å². The van der Waals surface area contributed by atoms with E-state index in [4.69, 9.17) is 0 Å². The Bertz CT molecular complexity index is 183. The van der Waals surface area contributed by atoms with Crippen molar-refractivity contribution < 1.29 is 58.4 Å². The molecular formula is C39H108AcNO3-. The van der Waals surface area contributed by atoms with Gasteiger partial charge in [-0.3, -0.25) is 9.59 Å². The van der Waals surface area contributed by atoms with Crippen LogP contribution in [0.4, 0.5) is 0 Å². The van der Waals surface area contributed by atoms with Gasteiger partial charge in [0.25, 0.3) is 0 Å². The molecule has 0 rings (SSSR count). The molecule has 44 heavy (non-hydrogen) atoms. The molecular weight excluding hydrogens is 757 g/mol. The van der Waals surface area contributed by atoms with E-state index in [-0.39, 0.29) is 75.7 Å². The second-order valence-electron chi connectivity index (χ2n) is 3.06. The Labute approximate surface area is 328 Å². The molecule has 5 heteroatoms. The Morgan fingerprint density at radius 1 is 0.523 bits per heavy atom. The van der Waals surface area contributed by atoms with Gasteiger partial charge in [-0.25, -0.2) is 0 Å². The van der Waals surface area contributed by atoms with Crippen molar-refractivity contribution in [1.82, 2.24) is 5.32 Å². The zero-order chi connectivity index (χ0) is 39.6. The molecule has 0 saturated carbocycles. The van der Waals surface area contributed by atoms with E-state index in [9.17, 15) is 9.59 Å². The molecule has 0 spiro atoms. The van der Waals surface area contributed by atoms with Crippen LogP contribution in [0.2, 0.25) is 0 Å². The third-order valence-electron chi connectivity index (χ3n) is 1.65. The third-order valence-corrected chi connectivity index (χ3v) is 1.65. The van der Waals surface area contributed by atoms with Gasteiger partial charge < -0.3 is 17.5 Å². The molecule has 0 heterocycles. The molecule has 0 bridgehead atoms. The monoisotopic (exact) mass is 866 g/mol. The molecule has 0 aliphatic carbocycles. The van der Waals surface area contributed by atoms with Gasteiger partial charge >= 0.3 is 0 Å². The number of ketones is 1. The quantitative estimate of drug-likeness (QED) is 0.287. The maximum atomic E-state index is 10.6. The van der Waals surface area contributed by atoms with Crippen molar-refractivity contribution in [3.8, 4) is 0 Å². The molecule has 1 unspecified atom stereocenters. The SMILES string of the molecule is CC.CC.CC.CC.CC.CC.CC.CC.CC.CC.CC.CC.CC.CC.CCC(C)C(=O)NC.COCC(C)=O.[Ac].[CH3-]. The summed E-state index contributed by atoms with van der Waals surface area (Å²) >= 11 is 0. The number of ether oxygens (including phenoxy) is 1. The van der Waals surface area contributed by atoms with Crippen LogP contribution in [0.15, 0.2) is 0 Å². The summed E-state index contributed by atoms with van der Waals surface area (Å²) in [5.41, 5.74) is 0. The summed E-state index contributed by atoms with van der Waals surface area (Å²) in [5.74, 6) is 0.366. The smallest absolute Gasteiger partial charge is 0.222 e. The number of methoxy groups -OCH3 is 1. The van der Waals surface area contributed by atoms with Gasteiger partial charge in [0.05, 0.1) is 0 Å². The zero-order valence-corrected chi connectivity index (χ0v) is 44.0. The fourth-order valence-electron chi connectivity index (χ4n) is 0.635. The molecule has 0 saturated heterocycles. The maximum Gasteiger partial charge on any atom is 0.222 e. The van der Waals surface area contributed by atoms with E-state index in [2.05, 4.69) is 10.1 Å². The topological polar surface area (TPSA) is 55.4 Å². The van der Waals surface area contributed by atoms with Crippen molar-refractivity contribution in [2.24, 2.45) is 5.92 Å². The average molecular weight is 866 g/mol. The second-order valence-corrected chi connectivity index (χ2v) is 3.06. The Morgan fingerprint density at radius 3 is 0.705 bits per heavy atom. The fraction of sp³-hybridized carbons (Fsp3) is 0.923. The van der Waals surface area contributed by atoms with E-state index in [1.807, 2.05) is 208 Å². The predicted octanol–water partition coefficient (Wildman–Crippen LogP) is 15.8. The van der Waals surface area contributed by atoms with Crippen LogP contribution in [0.5, 0.6) is 0 Å². The summed E-state index contributed by atoms with van der Waals surface area (Å²) in [6.07, 6.45) is 0.916. The average Bonchev–Trinajstić information content (AvgIpc) is 3.16. The summed E-state index contributed by atoms with van der Waals surface area (Å²) in [6, 6.07) is 0. The molecule has 0 aliphatic heterocycles. The van der Waals surface area contributed by atoms with E-state index in [1.165, 1.54) is 14.0 Å². The molecule has 291 valence electrons. The van der Waals surface area contributed by atoms with Gasteiger partial charge in [-0.2, -0.15) is 0 Å². The number of hydrogen-bond donors (Lipinski definition) is 1. The minimum Gasteiger partial charge on any atom is -0.377 e. The summed E-state index contributed by atoms with van der Waals surface area (Å²) in [5, 5.41) is 2.58. The standard InChI is InChI=1S/C6H13NO.C4H8O2.14C2H6.CH3.Ac/c1-4-5(2)6(8)7-3;1-4(5)3-6-2;14*1-2;;/h5H,4H2,1-3H3,(H,7,8);3H2,1-2H3;14*1-2H3;1H3;/q;;;;;;;;;;;;;;;;-1;. The van der Waals surface area contributed by atoms with Gasteiger partial charge in [0.15, 0.2) is 5.78 Å². The van der Waals surface area contributed by atoms with Gasteiger partial charge in [-0.1, -0.05) is 208 Å². The van der Waals surface area contributed by atoms with E-state index in [0.717, 1.165) is 6.42 Å². The van der Waals surface area contributed by atoms with Crippen LogP contribution in [0, 0.1) is 57.4 Å². The first-order chi connectivity index (χ1) is 20.5. The number of carbonyl (C=O) groups is 2. The van der Waals surface area contributed by atoms with E-state index < -0.39 is 0 Å². The number of rotatable bonds is 4. The first-order valence-electron chi connectivity index (χ1n) is 18.7. The number of amides is 1. The minimum atomic E-state index is 0. The molecule has 0 aromatic carbocycles. The van der Waals surface area contributed by atoms with Crippen LogP contribution < -0.4 is 5.32 Å². The van der Waals surface area contributed by atoms with Crippen LogP contribution in [0.3, 0.4) is 0 Å². The molecule has 1 radical (unpaired) electrons. The summed E-state index contributed by atoms with van der Waals surface area (Å²) in [4.78, 5) is 20.6. The van der Waals surface area contributed by atoms with Crippen LogP contribution in [-0.2, 0) is 14.3 Å². The van der Waals surface area contributed by atoms with Gasteiger partial charge in [-0.05, 0) is 13.3 Å². The molecule has 1 atom stereocenters. The van der Waals surface area contributed by atoms with Crippen molar-refractivity contribution in [2.45, 2.75) is 221 Å². The Hall–Kier alpha value is 0.542. The minimum absolute atomic E-state index is 0. The van der Waals surface area contributed by atoms with Gasteiger partial charge in [0, 0.05) is 64.1 Å². The number of carbonyl (C=O) groups excluding carboxylic acids is 2. The van der Waals surface area contributed by atoms with Crippen molar-refractivity contribution in [1.29, 1.82) is 0 Å². The van der Waals surface area contributed by atoms with Crippen LogP contribution in [-0.4, -0.2) is 32.5 Å². The first-order valence-corrected chi connectivity index (χ1v) is 18.7. The van der Waals surface area contributed by atoms with E-state index >= 15 is 0 Å². The molecule has 0 aromatic rings. The van der Waals surface area contributed by atoms with Crippen LogP contribution in [0.25, 0.3) is 0 Å². The Balaban J connectivity index is -0.0000000107. The summed E-state index contributed by atoms with van der Waals surface area (Å²) in [7, 11) is 3.16. The van der Waals surface area contributed by atoms with Crippen molar-refractivity contribution in [3.63, 3.8) is 0 Å². The third kappa shape index (κ3) is 551. The van der Waals surface area contributed by atoms with E-state index in [0.29, 0.717) is 0 Å². The Morgan fingerprint density at radius 2 is 0.682 bits per heavy atom. The predicted molar refractivity (Wildman–Crippen MR) is 221 cm³/mol. The number of hydrogen-bond acceptors (Lipinski definition) is 3. The van der Waals surface area contributed by atoms with Gasteiger partial charge in [0.1, 0.15) is 6.61 Å². The molecule has 4 nitrogen and oxygen atoms in total. The normalized spacial score (nSPS) is 5.39. The summed E-state index contributed by atoms with van der Waals surface area (Å²) in [6.45, 7) is 61.6. The Kier molecular flexibility index (Phi) is 1170. The molecule has 0 fully saturated rings. The van der Waals surface area contributed by atoms with Gasteiger partial charge in [-0.15, -0.1) is 0 Å². The largest absolute Gasteiger partial charge is 0.377 e. The summed E-state index contributed by atoms with van der Waals surface area (Å²) < 4.78 is 4.45. The maximum absolute atomic E-state index is 10.6. The van der Waals surface area contributed by atoms with Crippen molar-refractivity contribution >= 4 is 11.7 Å². The van der Waals surface area contributed by atoms with Crippen LogP contribution in [0.1, 0.15) is 221 Å².